The number of anilines is 1. The van der Waals surface area contributed by atoms with Gasteiger partial charge < -0.3 is 15.0 Å². The number of aromatic amines is 1. The molecule has 1 amide bonds. The lowest BCUT2D eigenvalue weighted by molar-refractivity contribution is 0.102. The molecule has 1 heterocycles. The molecule has 5 heteroatoms. The van der Waals surface area contributed by atoms with E-state index in [0.29, 0.717) is 22.2 Å². The molecule has 0 radical (unpaired) electrons. The highest BCUT2D eigenvalue weighted by Gasteiger charge is 2.15. The second-order valence-electron chi connectivity index (χ2n) is 5.00. The van der Waals surface area contributed by atoms with Crippen LogP contribution in [-0.4, -0.2) is 18.0 Å². The Morgan fingerprint density at radius 3 is 2.82 bits per heavy atom. The Bertz CT molecular complexity index is 855. The van der Waals surface area contributed by atoms with Crippen LogP contribution in [0.1, 0.15) is 16.1 Å². The second-order valence-corrected chi connectivity index (χ2v) is 5.44. The summed E-state index contributed by atoms with van der Waals surface area (Å²) in [5.41, 5.74) is 2.97. The Balaban J connectivity index is 1.93. The van der Waals surface area contributed by atoms with Gasteiger partial charge >= 0.3 is 0 Å². The van der Waals surface area contributed by atoms with E-state index >= 15 is 0 Å². The van der Waals surface area contributed by atoms with Crippen molar-refractivity contribution in [1.29, 1.82) is 0 Å². The van der Waals surface area contributed by atoms with Crippen LogP contribution in [-0.2, 0) is 0 Å². The summed E-state index contributed by atoms with van der Waals surface area (Å²) in [5, 5.41) is 4.46. The van der Waals surface area contributed by atoms with Crippen LogP contribution in [0.3, 0.4) is 0 Å². The van der Waals surface area contributed by atoms with E-state index in [1.54, 1.807) is 19.2 Å². The number of hydrogen-bond donors (Lipinski definition) is 2. The van der Waals surface area contributed by atoms with E-state index in [-0.39, 0.29) is 5.91 Å². The Labute approximate surface area is 133 Å². The third-order valence-corrected chi connectivity index (χ3v) is 3.81. The van der Waals surface area contributed by atoms with Crippen molar-refractivity contribution >= 4 is 34.1 Å². The van der Waals surface area contributed by atoms with Gasteiger partial charge in [-0.3, -0.25) is 4.79 Å². The van der Waals surface area contributed by atoms with Crippen molar-refractivity contribution in [1.82, 2.24) is 4.98 Å². The predicted molar refractivity (Wildman–Crippen MR) is 89.0 cm³/mol. The highest BCUT2D eigenvalue weighted by molar-refractivity contribution is 6.31. The van der Waals surface area contributed by atoms with E-state index in [1.807, 2.05) is 37.3 Å². The number of fused-ring (bicyclic) bond motifs is 1. The zero-order chi connectivity index (χ0) is 15.7. The zero-order valence-electron chi connectivity index (χ0n) is 12.2. The number of aryl methyl sites for hydroxylation is 1. The van der Waals surface area contributed by atoms with Gasteiger partial charge in [-0.05, 0) is 42.8 Å². The topological polar surface area (TPSA) is 54.1 Å². The molecule has 0 saturated heterocycles. The first-order valence-corrected chi connectivity index (χ1v) is 7.19. The third kappa shape index (κ3) is 2.65. The number of hydrogen-bond acceptors (Lipinski definition) is 2. The fraction of sp³-hybridized carbons (Fsp3) is 0.118. The monoisotopic (exact) mass is 314 g/mol. The quantitative estimate of drug-likeness (QED) is 0.753. The second kappa shape index (κ2) is 5.73. The van der Waals surface area contributed by atoms with E-state index < -0.39 is 0 Å². The number of aromatic nitrogens is 1. The van der Waals surface area contributed by atoms with Crippen LogP contribution >= 0.6 is 11.6 Å². The van der Waals surface area contributed by atoms with Gasteiger partial charge in [-0.25, -0.2) is 0 Å². The van der Waals surface area contributed by atoms with Crippen LogP contribution in [0.2, 0.25) is 5.02 Å². The third-order valence-electron chi connectivity index (χ3n) is 3.57. The average molecular weight is 315 g/mol. The van der Waals surface area contributed by atoms with Crippen LogP contribution in [0.25, 0.3) is 10.9 Å². The lowest BCUT2D eigenvalue weighted by Gasteiger charge is -2.06. The normalized spacial score (nSPS) is 10.7. The number of benzene rings is 2. The van der Waals surface area contributed by atoms with Crippen molar-refractivity contribution in [2.24, 2.45) is 0 Å². The summed E-state index contributed by atoms with van der Waals surface area (Å²) >= 11 is 6.01. The minimum Gasteiger partial charge on any atom is -0.497 e. The Hall–Kier alpha value is -2.46. The Morgan fingerprint density at radius 2 is 2.05 bits per heavy atom. The number of carbonyl (C=O) groups is 1. The summed E-state index contributed by atoms with van der Waals surface area (Å²) in [7, 11) is 1.59. The molecule has 2 N–H and O–H groups in total. The van der Waals surface area contributed by atoms with Crippen molar-refractivity contribution in [3.63, 3.8) is 0 Å². The van der Waals surface area contributed by atoms with Gasteiger partial charge in [0.1, 0.15) is 11.4 Å². The lowest BCUT2D eigenvalue weighted by Crippen LogP contribution is -2.13. The van der Waals surface area contributed by atoms with Gasteiger partial charge in [0, 0.05) is 27.7 Å². The van der Waals surface area contributed by atoms with Gasteiger partial charge in [-0.15, -0.1) is 0 Å². The van der Waals surface area contributed by atoms with Gasteiger partial charge in [-0.2, -0.15) is 0 Å². The van der Waals surface area contributed by atoms with E-state index in [2.05, 4.69) is 10.3 Å². The molecule has 112 valence electrons. The van der Waals surface area contributed by atoms with Crippen LogP contribution in [0.4, 0.5) is 5.69 Å². The SMILES string of the molecule is COc1cccc(NC(=O)c2[nH]c3ccc(Cl)cc3c2C)c1. The molecule has 1 aromatic heterocycles. The molecule has 3 aromatic rings. The first kappa shape index (κ1) is 14.5. The average Bonchev–Trinajstić information content (AvgIpc) is 2.84. The van der Waals surface area contributed by atoms with Gasteiger partial charge in [0.05, 0.1) is 7.11 Å². The number of halogens is 1. The van der Waals surface area contributed by atoms with E-state index in [1.165, 1.54) is 0 Å². The number of H-pyrrole nitrogens is 1. The van der Waals surface area contributed by atoms with Crippen LogP contribution in [0.15, 0.2) is 42.5 Å². The number of amides is 1. The summed E-state index contributed by atoms with van der Waals surface area (Å²) in [6, 6.07) is 12.8. The molecular formula is C17H15ClN2O2. The Kier molecular flexibility index (Phi) is 3.77. The zero-order valence-corrected chi connectivity index (χ0v) is 13.0. The van der Waals surface area contributed by atoms with Gasteiger partial charge in [0.15, 0.2) is 0 Å². The molecule has 3 rings (SSSR count). The lowest BCUT2D eigenvalue weighted by atomic mass is 10.1. The molecule has 22 heavy (non-hydrogen) atoms. The fourth-order valence-electron chi connectivity index (χ4n) is 2.42. The fourth-order valence-corrected chi connectivity index (χ4v) is 2.59. The van der Waals surface area contributed by atoms with Crippen LogP contribution in [0.5, 0.6) is 5.75 Å². The largest absolute Gasteiger partial charge is 0.497 e. The van der Waals surface area contributed by atoms with Crippen LogP contribution < -0.4 is 10.1 Å². The maximum atomic E-state index is 12.5. The molecule has 0 spiro atoms. The number of ether oxygens (including phenoxy) is 1. The molecule has 4 nitrogen and oxygen atoms in total. The number of rotatable bonds is 3. The molecule has 0 aliphatic carbocycles. The number of nitrogens with one attached hydrogen (secondary N) is 2. The van der Waals surface area contributed by atoms with Crippen molar-refractivity contribution in [2.75, 3.05) is 12.4 Å². The van der Waals surface area contributed by atoms with Crippen molar-refractivity contribution in [2.45, 2.75) is 6.92 Å². The van der Waals surface area contributed by atoms with E-state index in [9.17, 15) is 4.79 Å². The summed E-state index contributed by atoms with van der Waals surface area (Å²) in [5.74, 6) is 0.496. The van der Waals surface area contributed by atoms with Gasteiger partial charge in [-0.1, -0.05) is 17.7 Å². The number of carbonyl (C=O) groups excluding carboxylic acids is 1. The maximum Gasteiger partial charge on any atom is 0.272 e. The molecular weight excluding hydrogens is 300 g/mol. The molecule has 0 saturated carbocycles. The molecule has 0 unspecified atom stereocenters. The minimum absolute atomic E-state index is 0.196. The van der Waals surface area contributed by atoms with E-state index in [4.69, 9.17) is 16.3 Å². The minimum atomic E-state index is -0.196. The summed E-state index contributed by atoms with van der Waals surface area (Å²) < 4.78 is 5.15. The smallest absolute Gasteiger partial charge is 0.272 e. The highest BCUT2D eigenvalue weighted by atomic mass is 35.5. The predicted octanol–water partition coefficient (Wildman–Crippen LogP) is 4.39. The van der Waals surface area contributed by atoms with Gasteiger partial charge in [0.25, 0.3) is 5.91 Å². The van der Waals surface area contributed by atoms with Crippen molar-refractivity contribution in [3.8, 4) is 5.75 Å². The molecule has 0 atom stereocenters. The number of methoxy groups -OCH3 is 1. The van der Waals surface area contributed by atoms with Crippen molar-refractivity contribution < 1.29 is 9.53 Å². The summed E-state index contributed by atoms with van der Waals surface area (Å²) in [6.45, 7) is 1.90. The molecule has 2 aromatic carbocycles. The molecule has 0 bridgehead atoms. The first-order chi connectivity index (χ1) is 10.6. The molecule has 0 aliphatic rings. The first-order valence-electron chi connectivity index (χ1n) is 6.81. The van der Waals surface area contributed by atoms with Crippen molar-refractivity contribution in [3.05, 3.63) is 58.7 Å². The summed E-state index contributed by atoms with van der Waals surface area (Å²) in [4.78, 5) is 15.6. The van der Waals surface area contributed by atoms with Crippen LogP contribution in [0, 0.1) is 6.92 Å². The molecule has 0 aliphatic heterocycles. The Morgan fingerprint density at radius 1 is 1.23 bits per heavy atom. The van der Waals surface area contributed by atoms with Gasteiger partial charge in [0.2, 0.25) is 0 Å². The summed E-state index contributed by atoms with van der Waals surface area (Å²) in [6.07, 6.45) is 0. The highest BCUT2D eigenvalue weighted by Crippen LogP contribution is 2.26. The maximum absolute atomic E-state index is 12.5. The van der Waals surface area contributed by atoms with E-state index in [0.717, 1.165) is 16.5 Å². The standard InChI is InChI=1S/C17H15ClN2O2/c1-10-14-8-11(18)6-7-15(14)20-16(10)17(21)19-12-4-3-5-13(9-12)22-2/h3-9,20H,1-2H3,(H,19,21). The molecule has 0 fully saturated rings.